The molecule has 2 saturated heterocycles. The van der Waals surface area contributed by atoms with Crippen molar-refractivity contribution in [2.24, 2.45) is 11.8 Å². The Morgan fingerprint density at radius 2 is 1.88 bits per heavy atom. The fraction of sp³-hybridized carbons (Fsp3) is 0.762. The fourth-order valence-corrected chi connectivity index (χ4v) is 4.53. The molecule has 25 heavy (non-hydrogen) atoms. The molecule has 2 atom stereocenters. The fourth-order valence-electron chi connectivity index (χ4n) is 4.53. The van der Waals surface area contributed by atoms with Gasteiger partial charge in [-0.05, 0) is 69.2 Å². The molecule has 3 aliphatic rings. The van der Waals surface area contributed by atoms with E-state index in [1.54, 1.807) is 0 Å². The SMILES string of the molecule is C[C@@H]1C[C@H]1c1ccc(CCC(=O)N2CCC(CN3CCCC3)CC2)o1. The molecule has 1 aromatic heterocycles. The van der Waals surface area contributed by atoms with E-state index < -0.39 is 0 Å². The average molecular weight is 344 g/mol. The molecule has 1 saturated carbocycles. The van der Waals surface area contributed by atoms with Crippen LogP contribution in [0.15, 0.2) is 16.5 Å². The molecule has 1 aromatic rings. The summed E-state index contributed by atoms with van der Waals surface area (Å²) in [5.41, 5.74) is 0. The van der Waals surface area contributed by atoms with Crippen LogP contribution in [0.4, 0.5) is 0 Å². The van der Waals surface area contributed by atoms with E-state index in [0.29, 0.717) is 18.2 Å². The summed E-state index contributed by atoms with van der Waals surface area (Å²) in [5.74, 6) is 4.58. The largest absolute Gasteiger partial charge is 0.466 e. The van der Waals surface area contributed by atoms with Gasteiger partial charge in [0.05, 0.1) is 0 Å². The lowest BCUT2D eigenvalue weighted by Gasteiger charge is -2.34. The zero-order valence-corrected chi connectivity index (χ0v) is 15.6. The number of nitrogens with zero attached hydrogens (tertiary/aromatic N) is 2. The normalized spacial score (nSPS) is 27.8. The van der Waals surface area contributed by atoms with Crippen LogP contribution in [0.25, 0.3) is 0 Å². The van der Waals surface area contributed by atoms with Crippen molar-refractivity contribution in [1.29, 1.82) is 0 Å². The van der Waals surface area contributed by atoms with E-state index in [1.807, 2.05) is 0 Å². The summed E-state index contributed by atoms with van der Waals surface area (Å²) in [4.78, 5) is 17.2. The first-order chi connectivity index (χ1) is 12.2. The highest BCUT2D eigenvalue weighted by molar-refractivity contribution is 5.76. The van der Waals surface area contributed by atoms with Gasteiger partial charge < -0.3 is 14.2 Å². The maximum atomic E-state index is 12.5. The van der Waals surface area contributed by atoms with Crippen molar-refractivity contribution in [3.63, 3.8) is 0 Å². The molecular weight excluding hydrogens is 312 g/mol. The Bertz CT molecular complexity index is 582. The summed E-state index contributed by atoms with van der Waals surface area (Å²) in [5, 5.41) is 0. The van der Waals surface area contributed by atoms with Gasteiger partial charge in [-0.1, -0.05) is 6.92 Å². The summed E-state index contributed by atoms with van der Waals surface area (Å²) in [6.07, 6.45) is 7.66. The average Bonchev–Trinajstić information content (AvgIpc) is 3.04. The van der Waals surface area contributed by atoms with Crippen LogP contribution in [0.3, 0.4) is 0 Å². The molecule has 1 amide bonds. The molecule has 138 valence electrons. The van der Waals surface area contributed by atoms with Crippen LogP contribution in [0.5, 0.6) is 0 Å². The summed E-state index contributed by atoms with van der Waals surface area (Å²) < 4.78 is 5.93. The lowest BCUT2D eigenvalue weighted by molar-refractivity contribution is -0.132. The van der Waals surface area contributed by atoms with Crippen molar-refractivity contribution in [3.8, 4) is 0 Å². The zero-order chi connectivity index (χ0) is 17.2. The lowest BCUT2D eigenvalue weighted by atomic mass is 9.96. The van der Waals surface area contributed by atoms with E-state index in [2.05, 4.69) is 28.9 Å². The minimum atomic E-state index is 0.303. The first kappa shape index (κ1) is 17.1. The number of piperidine rings is 1. The molecule has 2 aliphatic heterocycles. The van der Waals surface area contributed by atoms with Crippen LogP contribution in [0.2, 0.25) is 0 Å². The number of furan rings is 1. The van der Waals surface area contributed by atoms with Gasteiger partial charge in [0, 0.05) is 38.4 Å². The predicted molar refractivity (Wildman–Crippen MR) is 98.5 cm³/mol. The van der Waals surface area contributed by atoms with E-state index in [9.17, 15) is 4.79 Å². The second-order valence-electron chi connectivity index (χ2n) is 8.46. The standard InChI is InChI=1S/C21H32N2O2/c1-16-14-19(16)20-6-4-18(25-20)5-7-21(24)23-12-8-17(9-13-23)15-22-10-2-3-11-22/h4,6,16-17,19H,2-3,5,7-15H2,1H3/t16-,19-/m1/s1. The molecule has 0 N–H and O–H groups in total. The van der Waals surface area contributed by atoms with Crippen molar-refractivity contribution in [3.05, 3.63) is 23.7 Å². The molecule has 0 bridgehead atoms. The minimum absolute atomic E-state index is 0.303. The van der Waals surface area contributed by atoms with Gasteiger partial charge in [0.15, 0.2) is 0 Å². The molecule has 0 radical (unpaired) electrons. The van der Waals surface area contributed by atoms with Gasteiger partial charge in [0.1, 0.15) is 11.5 Å². The Kier molecular flexibility index (Phi) is 5.16. The number of rotatable bonds is 6. The van der Waals surface area contributed by atoms with Crippen molar-refractivity contribution in [2.75, 3.05) is 32.7 Å². The van der Waals surface area contributed by atoms with Gasteiger partial charge >= 0.3 is 0 Å². The van der Waals surface area contributed by atoms with Crippen molar-refractivity contribution in [1.82, 2.24) is 9.80 Å². The summed E-state index contributed by atoms with van der Waals surface area (Å²) >= 11 is 0. The molecule has 0 spiro atoms. The number of carbonyl (C=O) groups excluding carboxylic acids is 1. The molecule has 4 heteroatoms. The van der Waals surface area contributed by atoms with Gasteiger partial charge in [0.25, 0.3) is 0 Å². The molecule has 0 aromatic carbocycles. The quantitative estimate of drug-likeness (QED) is 0.790. The van der Waals surface area contributed by atoms with Crippen molar-refractivity contribution < 1.29 is 9.21 Å². The second-order valence-corrected chi connectivity index (χ2v) is 8.46. The van der Waals surface area contributed by atoms with E-state index in [1.165, 1.54) is 51.7 Å². The Balaban J connectivity index is 1.18. The third kappa shape index (κ3) is 4.28. The van der Waals surface area contributed by atoms with Gasteiger partial charge in [-0.3, -0.25) is 4.79 Å². The first-order valence-electron chi connectivity index (χ1n) is 10.3. The summed E-state index contributed by atoms with van der Waals surface area (Å²) in [7, 11) is 0. The molecule has 4 rings (SSSR count). The molecule has 4 nitrogen and oxygen atoms in total. The lowest BCUT2D eigenvalue weighted by Crippen LogP contribution is -2.41. The van der Waals surface area contributed by atoms with Crippen LogP contribution < -0.4 is 0 Å². The maximum Gasteiger partial charge on any atom is 0.223 e. The van der Waals surface area contributed by atoms with Crippen LogP contribution >= 0.6 is 0 Å². The Labute approximate surface area is 151 Å². The number of hydrogen-bond acceptors (Lipinski definition) is 3. The molecule has 1 aliphatic carbocycles. The van der Waals surface area contributed by atoms with Crippen LogP contribution in [-0.2, 0) is 11.2 Å². The highest BCUT2D eigenvalue weighted by Gasteiger charge is 2.36. The monoisotopic (exact) mass is 344 g/mol. The Morgan fingerprint density at radius 1 is 1.16 bits per heavy atom. The van der Waals surface area contributed by atoms with Crippen LogP contribution in [-0.4, -0.2) is 48.4 Å². The molecule has 0 unspecified atom stereocenters. The highest BCUT2D eigenvalue weighted by Crippen LogP contribution is 2.47. The molecular formula is C21H32N2O2. The van der Waals surface area contributed by atoms with Gasteiger partial charge in [-0.25, -0.2) is 0 Å². The number of carbonyl (C=O) groups is 1. The second kappa shape index (κ2) is 7.53. The van der Waals surface area contributed by atoms with Crippen LogP contribution in [0, 0.1) is 11.8 Å². The number of amides is 1. The van der Waals surface area contributed by atoms with E-state index >= 15 is 0 Å². The predicted octanol–water partition coefficient (Wildman–Crippen LogP) is 3.67. The summed E-state index contributed by atoms with van der Waals surface area (Å²) in [6.45, 7) is 7.97. The number of hydrogen-bond donors (Lipinski definition) is 0. The number of likely N-dealkylation sites (tertiary alicyclic amines) is 2. The summed E-state index contributed by atoms with van der Waals surface area (Å²) in [6, 6.07) is 4.17. The van der Waals surface area contributed by atoms with E-state index in [-0.39, 0.29) is 0 Å². The Hall–Kier alpha value is -1.29. The molecule has 3 heterocycles. The highest BCUT2D eigenvalue weighted by atomic mass is 16.3. The topological polar surface area (TPSA) is 36.7 Å². The first-order valence-corrected chi connectivity index (χ1v) is 10.3. The number of aryl methyl sites for hydroxylation is 1. The minimum Gasteiger partial charge on any atom is -0.466 e. The van der Waals surface area contributed by atoms with Gasteiger partial charge in [0.2, 0.25) is 5.91 Å². The molecule has 3 fully saturated rings. The van der Waals surface area contributed by atoms with Crippen molar-refractivity contribution >= 4 is 5.91 Å². The van der Waals surface area contributed by atoms with Gasteiger partial charge in [-0.15, -0.1) is 0 Å². The maximum absolute atomic E-state index is 12.5. The third-order valence-corrected chi connectivity index (χ3v) is 6.42. The zero-order valence-electron chi connectivity index (χ0n) is 15.6. The van der Waals surface area contributed by atoms with E-state index in [4.69, 9.17) is 4.42 Å². The van der Waals surface area contributed by atoms with Crippen LogP contribution in [0.1, 0.15) is 62.9 Å². The van der Waals surface area contributed by atoms with Gasteiger partial charge in [-0.2, -0.15) is 0 Å². The van der Waals surface area contributed by atoms with Crippen molar-refractivity contribution in [2.45, 2.75) is 57.8 Å². The Morgan fingerprint density at radius 3 is 2.56 bits per heavy atom. The van der Waals surface area contributed by atoms with E-state index in [0.717, 1.165) is 42.9 Å². The smallest absolute Gasteiger partial charge is 0.223 e. The third-order valence-electron chi connectivity index (χ3n) is 6.42.